The first-order chi connectivity index (χ1) is 16.3. The van der Waals surface area contributed by atoms with Crippen LogP contribution in [-0.2, 0) is 5.41 Å². The molecule has 7 rings (SSSR count). The molecular formula is C30H19BN2. The molecule has 0 saturated heterocycles. The molecule has 33 heavy (non-hydrogen) atoms. The first-order valence-corrected chi connectivity index (χ1v) is 11.2. The van der Waals surface area contributed by atoms with Crippen LogP contribution in [0.25, 0.3) is 11.3 Å². The zero-order valence-electron chi connectivity index (χ0n) is 17.9. The average Bonchev–Trinajstić information content (AvgIpc) is 3.15. The minimum atomic E-state index is -0.479. The fraction of sp³-hybridized carbons (Fsp3) is 0.0333. The van der Waals surface area contributed by atoms with E-state index in [1.165, 1.54) is 33.6 Å². The van der Waals surface area contributed by atoms with Crippen molar-refractivity contribution in [3.63, 3.8) is 0 Å². The predicted octanol–water partition coefficient (Wildman–Crippen LogP) is 6.02. The fourth-order valence-corrected chi connectivity index (χ4v) is 5.83. The number of aromatic nitrogens is 1. The summed E-state index contributed by atoms with van der Waals surface area (Å²) in [6, 6.07) is 38.6. The number of fused-ring (bicyclic) bond motifs is 9. The molecule has 2 radical (unpaired) electrons. The highest BCUT2D eigenvalue weighted by Crippen LogP contribution is 2.62. The Morgan fingerprint density at radius 3 is 1.97 bits per heavy atom. The van der Waals surface area contributed by atoms with E-state index in [4.69, 9.17) is 12.8 Å². The van der Waals surface area contributed by atoms with Crippen LogP contribution in [0.5, 0.6) is 0 Å². The van der Waals surface area contributed by atoms with Crippen molar-refractivity contribution in [1.82, 2.24) is 4.98 Å². The SMILES string of the molecule is [B]c1ccc2c(c1)C1(c3ccccc3N(c3ccccc3)c3ccccc31)c1cccnc1-2. The van der Waals surface area contributed by atoms with Crippen LogP contribution in [0.3, 0.4) is 0 Å². The lowest BCUT2D eigenvalue weighted by atomic mass is 9.64. The Morgan fingerprint density at radius 2 is 1.24 bits per heavy atom. The van der Waals surface area contributed by atoms with Crippen molar-refractivity contribution in [2.24, 2.45) is 0 Å². The maximum Gasteiger partial charge on any atom is 0.113 e. The fourth-order valence-electron chi connectivity index (χ4n) is 5.83. The van der Waals surface area contributed by atoms with E-state index in [-0.39, 0.29) is 0 Å². The third kappa shape index (κ3) is 2.31. The van der Waals surface area contributed by atoms with E-state index in [1.54, 1.807) is 0 Å². The molecule has 0 unspecified atom stereocenters. The molecular weight excluding hydrogens is 399 g/mol. The van der Waals surface area contributed by atoms with Crippen molar-refractivity contribution in [2.75, 3.05) is 4.90 Å². The molecule has 4 aromatic carbocycles. The van der Waals surface area contributed by atoms with Crippen LogP contribution < -0.4 is 10.4 Å². The van der Waals surface area contributed by atoms with E-state index in [0.717, 1.165) is 22.4 Å². The summed E-state index contributed by atoms with van der Waals surface area (Å²) in [5.74, 6) is 0. The van der Waals surface area contributed by atoms with Crippen molar-refractivity contribution < 1.29 is 0 Å². The Balaban J connectivity index is 1.68. The van der Waals surface area contributed by atoms with E-state index in [9.17, 15) is 0 Å². The highest BCUT2D eigenvalue weighted by Gasteiger charge is 2.52. The standard InChI is InChI=1S/C30H19BN2/c31-20-16-17-22-26(19-20)30(25-13-8-18-32-29(22)25)23-11-4-6-14-27(23)33(21-9-2-1-3-10-21)28-15-7-5-12-24(28)30/h1-19H. The highest BCUT2D eigenvalue weighted by atomic mass is 15.2. The molecule has 152 valence electrons. The molecule has 3 heteroatoms. The van der Waals surface area contributed by atoms with E-state index in [2.05, 4.69) is 102 Å². The number of nitrogens with zero attached hydrogens (tertiary/aromatic N) is 2. The molecule has 0 atom stereocenters. The molecule has 5 aromatic rings. The summed E-state index contributed by atoms with van der Waals surface area (Å²) in [6.07, 6.45) is 1.88. The molecule has 0 saturated carbocycles. The third-order valence-electron chi connectivity index (χ3n) is 7.03. The van der Waals surface area contributed by atoms with E-state index in [0.29, 0.717) is 0 Å². The quantitative estimate of drug-likeness (QED) is 0.303. The van der Waals surface area contributed by atoms with Crippen LogP contribution in [0.4, 0.5) is 17.1 Å². The molecule has 1 aromatic heterocycles. The number of hydrogen-bond acceptors (Lipinski definition) is 2. The first kappa shape index (κ1) is 18.5. The third-order valence-corrected chi connectivity index (χ3v) is 7.03. The molecule has 1 spiro atoms. The predicted molar refractivity (Wildman–Crippen MR) is 135 cm³/mol. The van der Waals surface area contributed by atoms with Gasteiger partial charge in [-0.2, -0.15) is 0 Å². The molecule has 1 aliphatic carbocycles. The maximum absolute atomic E-state index is 6.38. The molecule has 0 bridgehead atoms. The number of hydrogen-bond donors (Lipinski definition) is 0. The summed E-state index contributed by atoms with van der Waals surface area (Å²) >= 11 is 0. The number of anilines is 3. The van der Waals surface area contributed by atoms with Crippen LogP contribution in [0.15, 0.2) is 115 Å². The van der Waals surface area contributed by atoms with Gasteiger partial charge in [0.15, 0.2) is 0 Å². The molecule has 1 aliphatic heterocycles. The van der Waals surface area contributed by atoms with Gasteiger partial charge in [-0.15, -0.1) is 0 Å². The van der Waals surface area contributed by atoms with Gasteiger partial charge in [-0.05, 0) is 52.6 Å². The van der Waals surface area contributed by atoms with Gasteiger partial charge >= 0.3 is 0 Å². The normalized spacial score (nSPS) is 14.4. The van der Waals surface area contributed by atoms with Crippen LogP contribution in [0.1, 0.15) is 22.3 Å². The lowest BCUT2D eigenvalue weighted by molar-refractivity contribution is 0.751. The molecule has 2 aliphatic rings. The van der Waals surface area contributed by atoms with Gasteiger partial charge in [0.25, 0.3) is 0 Å². The number of pyridine rings is 1. The van der Waals surface area contributed by atoms with Crippen LogP contribution in [-0.4, -0.2) is 12.8 Å². The Labute approximate surface area is 194 Å². The van der Waals surface area contributed by atoms with Gasteiger partial charge in [0.2, 0.25) is 0 Å². The summed E-state index contributed by atoms with van der Waals surface area (Å²) in [5, 5.41) is 0. The Morgan fingerprint density at radius 1 is 0.606 bits per heavy atom. The van der Waals surface area contributed by atoms with Gasteiger partial charge in [0, 0.05) is 17.4 Å². The second-order valence-electron chi connectivity index (χ2n) is 8.66. The Hall–Kier alpha value is -4.11. The van der Waals surface area contributed by atoms with Gasteiger partial charge in [0.1, 0.15) is 7.85 Å². The number of para-hydroxylation sites is 3. The Kier molecular flexibility index (Phi) is 3.75. The lowest BCUT2D eigenvalue weighted by Crippen LogP contribution is -2.36. The van der Waals surface area contributed by atoms with Gasteiger partial charge in [-0.1, -0.05) is 84.3 Å². The highest BCUT2D eigenvalue weighted by molar-refractivity contribution is 6.32. The van der Waals surface area contributed by atoms with Crippen LogP contribution in [0.2, 0.25) is 0 Å². The van der Waals surface area contributed by atoms with Gasteiger partial charge in [0.05, 0.1) is 22.5 Å². The first-order valence-electron chi connectivity index (χ1n) is 11.2. The second-order valence-corrected chi connectivity index (χ2v) is 8.66. The van der Waals surface area contributed by atoms with E-state index >= 15 is 0 Å². The zero-order chi connectivity index (χ0) is 22.0. The monoisotopic (exact) mass is 418 g/mol. The molecule has 0 amide bonds. The minimum absolute atomic E-state index is 0.479. The number of rotatable bonds is 1. The van der Waals surface area contributed by atoms with Gasteiger partial charge in [-0.3, -0.25) is 4.98 Å². The van der Waals surface area contributed by atoms with E-state index in [1.807, 2.05) is 18.3 Å². The van der Waals surface area contributed by atoms with Crippen LogP contribution in [0, 0.1) is 0 Å². The molecule has 2 heterocycles. The summed E-state index contributed by atoms with van der Waals surface area (Å²) < 4.78 is 0. The zero-order valence-corrected chi connectivity index (χ0v) is 17.9. The topological polar surface area (TPSA) is 16.1 Å². The summed E-state index contributed by atoms with van der Waals surface area (Å²) in [4.78, 5) is 7.22. The van der Waals surface area contributed by atoms with Crippen molar-refractivity contribution in [3.8, 4) is 11.3 Å². The second kappa shape index (κ2) is 6.70. The maximum atomic E-state index is 6.38. The lowest BCUT2D eigenvalue weighted by Gasteiger charge is -2.44. The molecule has 2 nitrogen and oxygen atoms in total. The summed E-state index contributed by atoms with van der Waals surface area (Å²) in [7, 11) is 6.38. The smallest absolute Gasteiger partial charge is 0.113 e. The number of benzene rings is 4. The average molecular weight is 418 g/mol. The largest absolute Gasteiger partial charge is 0.310 e. The van der Waals surface area contributed by atoms with Crippen LogP contribution >= 0.6 is 0 Å². The van der Waals surface area contributed by atoms with Crippen molar-refractivity contribution in [2.45, 2.75) is 5.41 Å². The molecule has 0 fully saturated rings. The summed E-state index contributed by atoms with van der Waals surface area (Å²) in [5.41, 5.74) is 10.8. The minimum Gasteiger partial charge on any atom is -0.310 e. The molecule has 0 N–H and O–H groups in total. The van der Waals surface area contributed by atoms with Gasteiger partial charge < -0.3 is 4.90 Å². The van der Waals surface area contributed by atoms with Crippen molar-refractivity contribution in [1.29, 1.82) is 0 Å². The van der Waals surface area contributed by atoms with E-state index < -0.39 is 5.41 Å². The van der Waals surface area contributed by atoms with Crippen molar-refractivity contribution in [3.05, 3.63) is 138 Å². The van der Waals surface area contributed by atoms with Crippen molar-refractivity contribution >= 4 is 30.4 Å². The Bertz CT molecular complexity index is 1490. The summed E-state index contributed by atoms with van der Waals surface area (Å²) in [6.45, 7) is 0. The van der Waals surface area contributed by atoms with Gasteiger partial charge in [-0.25, -0.2) is 0 Å².